The summed E-state index contributed by atoms with van der Waals surface area (Å²) in [6, 6.07) is 4.26. The highest BCUT2D eigenvalue weighted by Crippen LogP contribution is 2.38. The van der Waals surface area contributed by atoms with Gasteiger partial charge >= 0.3 is 12.2 Å². The smallest absolute Gasteiger partial charge is 0.335 e. The number of nitrogens with one attached hydrogen (secondary N) is 2. The molecule has 4 N–H and O–H groups in total. The van der Waals surface area contributed by atoms with Crippen molar-refractivity contribution >= 4 is 35.1 Å². The highest BCUT2D eigenvalue weighted by atomic mass is 35.5. The van der Waals surface area contributed by atoms with Crippen molar-refractivity contribution in [2.45, 2.75) is 56.5 Å². The van der Waals surface area contributed by atoms with Gasteiger partial charge in [-0.1, -0.05) is 11.6 Å². The van der Waals surface area contributed by atoms with Crippen molar-refractivity contribution in [2.75, 3.05) is 25.5 Å². The van der Waals surface area contributed by atoms with Crippen molar-refractivity contribution in [3.8, 4) is 11.3 Å². The summed E-state index contributed by atoms with van der Waals surface area (Å²) in [5.41, 5.74) is 5.15. The zero-order chi connectivity index (χ0) is 32.2. The zero-order valence-electron chi connectivity index (χ0n) is 24.6. The number of benzene rings is 1. The van der Waals surface area contributed by atoms with Crippen LogP contribution in [-0.2, 0) is 19.8 Å². The monoisotopic (exact) mass is 647 g/mol. The Labute approximate surface area is 261 Å². The van der Waals surface area contributed by atoms with Gasteiger partial charge in [0.2, 0.25) is 0 Å². The van der Waals surface area contributed by atoms with Crippen LogP contribution >= 0.6 is 11.6 Å². The lowest BCUT2D eigenvalue weighted by Gasteiger charge is -2.45. The average Bonchev–Trinajstić information content (AvgIpc) is 3.49. The van der Waals surface area contributed by atoms with Gasteiger partial charge in [-0.25, -0.2) is 9.78 Å². The second-order valence-corrected chi connectivity index (χ2v) is 12.5. The zero-order valence-corrected chi connectivity index (χ0v) is 25.4. The van der Waals surface area contributed by atoms with E-state index >= 15 is 0 Å². The van der Waals surface area contributed by atoms with Gasteiger partial charge < -0.3 is 30.7 Å². The van der Waals surface area contributed by atoms with Crippen LogP contribution in [0.3, 0.4) is 0 Å². The van der Waals surface area contributed by atoms with Crippen molar-refractivity contribution in [3.05, 3.63) is 52.7 Å². The number of rotatable bonds is 8. The second kappa shape index (κ2) is 11.7. The minimum Gasteiger partial charge on any atom is -0.335 e. The molecule has 1 saturated heterocycles. The molecular formula is C29H33ClF3N9O3. The first kappa shape index (κ1) is 30.9. The number of imidazole rings is 1. The molecule has 0 radical (unpaired) electrons. The van der Waals surface area contributed by atoms with Crippen LogP contribution < -0.4 is 16.4 Å². The van der Waals surface area contributed by atoms with Crippen molar-refractivity contribution in [1.29, 1.82) is 0 Å². The molecule has 0 atom stereocenters. The van der Waals surface area contributed by atoms with Gasteiger partial charge in [0.15, 0.2) is 11.5 Å². The Hall–Kier alpha value is -4.11. The summed E-state index contributed by atoms with van der Waals surface area (Å²) < 4.78 is 44.0. The highest BCUT2D eigenvalue weighted by molar-refractivity contribution is 6.34. The van der Waals surface area contributed by atoms with Gasteiger partial charge in [-0.2, -0.15) is 18.3 Å². The van der Waals surface area contributed by atoms with Gasteiger partial charge in [-0.15, -0.1) is 0 Å². The second-order valence-electron chi connectivity index (χ2n) is 12.1. The standard InChI is InChI=1S/C29H33ClF3N9O3/c1-39(19-12-41(13-19)28(45)37-18-7-16(34)8-18)27(44)20-6-5-17(9-22(20)30)36-26(43)25-35-10-23(40(25)2)21-14-42(11-15-3-4-15)38-24(21)29(31,32)33/h5-6,9-10,14-16,18-19H,3-4,7-8,11-13,34H2,1-2H3,(H,36,43)(H,37,45). The Kier molecular flexibility index (Phi) is 8.01. The van der Waals surface area contributed by atoms with E-state index in [1.807, 2.05) is 0 Å². The van der Waals surface area contributed by atoms with Crippen LogP contribution in [0.4, 0.5) is 23.7 Å². The maximum absolute atomic E-state index is 13.8. The molecule has 2 aromatic heterocycles. The Morgan fingerprint density at radius 3 is 2.51 bits per heavy atom. The van der Waals surface area contributed by atoms with Crippen LogP contribution in [0.15, 0.2) is 30.6 Å². The number of alkyl halides is 3. The van der Waals surface area contributed by atoms with E-state index < -0.39 is 17.8 Å². The van der Waals surface area contributed by atoms with Gasteiger partial charge in [0.1, 0.15) is 0 Å². The molecule has 12 nitrogen and oxygen atoms in total. The van der Waals surface area contributed by atoms with E-state index in [1.54, 1.807) is 11.9 Å². The van der Waals surface area contributed by atoms with Crippen molar-refractivity contribution in [3.63, 3.8) is 0 Å². The molecular weight excluding hydrogens is 615 g/mol. The summed E-state index contributed by atoms with van der Waals surface area (Å²) in [4.78, 5) is 45.9. The molecule has 3 aliphatic rings. The third-order valence-electron chi connectivity index (χ3n) is 8.62. The molecule has 240 valence electrons. The molecule has 0 spiro atoms. The van der Waals surface area contributed by atoms with E-state index in [9.17, 15) is 27.6 Å². The predicted molar refractivity (Wildman–Crippen MR) is 159 cm³/mol. The van der Waals surface area contributed by atoms with Crippen LogP contribution in [0.25, 0.3) is 11.3 Å². The number of urea groups is 1. The summed E-state index contributed by atoms with van der Waals surface area (Å²) in [7, 11) is 3.09. The summed E-state index contributed by atoms with van der Waals surface area (Å²) in [6.07, 6.45) is 1.30. The number of carbonyl (C=O) groups excluding carboxylic acids is 3. The van der Waals surface area contributed by atoms with E-state index in [4.69, 9.17) is 17.3 Å². The summed E-state index contributed by atoms with van der Waals surface area (Å²) in [6.45, 7) is 1.17. The average molecular weight is 648 g/mol. The molecule has 0 unspecified atom stereocenters. The van der Waals surface area contributed by atoms with E-state index in [-0.39, 0.29) is 63.4 Å². The number of likely N-dealkylation sites (N-methyl/N-ethyl adjacent to an activating group) is 1. The molecule has 3 aromatic rings. The van der Waals surface area contributed by atoms with Gasteiger partial charge in [0.25, 0.3) is 11.8 Å². The highest BCUT2D eigenvalue weighted by Gasteiger charge is 2.40. The van der Waals surface area contributed by atoms with Gasteiger partial charge in [-0.05, 0) is 49.8 Å². The number of amides is 4. The van der Waals surface area contributed by atoms with E-state index in [2.05, 4.69) is 20.7 Å². The number of halogens is 4. The van der Waals surface area contributed by atoms with Gasteiger partial charge in [0, 0.05) is 57.7 Å². The normalized spacial score (nSPS) is 19.9. The number of nitrogens with zero attached hydrogens (tertiary/aromatic N) is 6. The van der Waals surface area contributed by atoms with Crippen molar-refractivity contribution < 1.29 is 27.6 Å². The lowest BCUT2D eigenvalue weighted by molar-refractivity contribution is -0.141. The SMILES string of the molecule is CN(C(=O)c1ccc(NC(=O)c2ncc(-c3cn(CC4CC4)nc3C(F)(F)F)n2C)cc1Cl)C1CN(C(=O)NC2CC(N)C2)C1. The van der Waals surface area contributed by atoms with Gasteiger partial charge in [0.05, 0.1) is 34.1 Å². The maximum atomic E-state index is 13.8. The molecule has 1 aliphatic heterocycles. The minimum atomic E-state index is -4.68. The van der Waals surface area contributed by atoms with E-state index in [1.165, 1.54) is 51.8 Å². The Morgan fingerprint density at radius 2 is 1.89 bits per heavy atom. The summed E-state index contributed by atoms with van der Waals surface area (Å²) in [5.74, 6) is -0.821. The molecule has 2 aliphatic carbocycles. The van der Waals surface area contributed by atoms with Gasteiger partial charge in [-0.3, -0.25) is 14.3 Å². The summed E-state index contributed by atoms with van der Waals surface area (Å²) in [5, 5.41) is 9.45. The number of hydrogen-bond acceptors (Lipinski definition) is 6. The number of likely N-dealkylation sites (tertiary alicyclic amines) is 1. The molecule has 0 bridgehead atoms. The van der Waals surface area contributed by atoms with Crippen LogP contribution in [0, 0.1) is 5.92 Å². The quantitative estimate of drug-likeness (QED) is 0.341. The topological polar surface area (TPSA) is 143 Å². The fraction of sp³-hybridized carbons (Fsp3) is 0.483. The molecule has 3 heterocycles. The fourth-order valence-electron chi connectivity index (χ4n) is 5.57. The lowest BCUT2D eigenvalue weighted by atomic mass is 9.88. The lowest BCUT2D eigenvalue weighted by Crippen LogP contribution is -2.65. The Morgan fingerprint density at radius 1 is 1.18 bits per heavy atom. The molecule has 45 heavy (non-hydrogen) atoms. The predicted octanol–water partition coefficient (Wildman–Crippen LogP) is 3.57. The van der Waals surface area contributed by atoms with E-state index in [0.29, 0.717) is 25.6 Å². The van der Waals surface area contributed by atoms with Crippen LogP contribution in [0.2, 0.25) is 5.02 Å². The molecule has 16 heteroatoms. The molecule has 1 aromatic carbocycles. The largest absolute Gasteiger partial charge is 0.435 e. The first-order chi connectivity index (χ1) is 21.3. The Bertz CT molecular complexity index is 1640. The fourth-order valence-corrected chi connectivity index (χ4v) is 5.83. The molecule has 2 saturated carbocycles. The van der Waals surface area contributed by atoms with Crippen LogP contribution in [0.1, 0.15) is 52.4 Å². The maximum Gasteiger partial charge on any atom is 0.435 e. The minimum absolute atomic E-state index is 0.0899. The van der Waals surface area contributed by atoms with Crippen LogP contribution in [-0.4, -0.2) is 85.2 Å². The first-order valence-electron chi connectivity index (χ1n) is 14.6. The first-order valence-corrected chi connectivity index (χ1v) is 15.0. The molecule has 6 rings (SSSR count). The van der Waals surface area contributed by atoms with Crippen molar-refractivity contribution in [1.82, 2.24) is 34.4 Å². The number of hydrogen-bond donors (Lipinski definition) is 3. The molecule has 3 fully saturated rings. The van der Waals surface area contributed by atoms with Crippen molar-refractivity contribution in [2.24, 2.45) is 18.7 Å². The Balaban J connectivity index is 1.09. The number of aromatic nitrogens is 4. The van der Waals surface area contributed by atoms with E-state index in [0.717, 1.165) is 25.7 Å². The third kappa shape index (κ3) is 6.36. The summed E-state index contributed by atoms with van der Waals surface area (Å²) >= 11 is 6.43. The number of carbonyl (C=O) groups is 3. The number of anilines is 1. The van der Waals surface area contributed by atoms with Crippen LogP contribution in [0.5, 0.6) is 0 Å². The third-order valence-corrected chi connectivity index (χ3v) is 8.93. The molecule has 4 amide bonds. The number of nitrogens with two attached hydrogens (primary N) is 1.